The largest absolute Gasteiger partial charge is 0.500 e. The minimum absolute atomic E-state index is 0. The second-order valence-corrected chi connectivity index (χ2v) is 9.42. The van der Waals surface area contributed by atoms with Gasteiger partial charge in [-0.15, -0.1) is 17.0 Å². The van der Waals surface area contributed by atoms with E-state index >= 15 is 0 Å². The van der Waals surface area contributed by atoms with Gasteiger partial charge in [-0.05, 0) is 25.9 Å². The smallest absolute Gasteiger partial charge is 0.377 e. The summed E-state index contributed by atoms with van der Waals surface area (Å²) < 4.78 is 16.2. The summed E-state index contributed by atoms with van der Waals surface area (Å²) in [5, 5.41) is 3.51. The highest BCUT2D eigenvalue weighted by Gasteiger charge is 2.36. The summed E-state index contributed by atoms with van der Waals surface area (Å²) in [6.07, 6.45) is 15.0. The number of nitrogens with one attached hydrogen (secondary N) is 1. The molecule has 0 fully saturated rings. The lowest BCUT2D eigenvalue weighted by molar-refractivity contribution is 0.123. The molecular formula is C18H42BrNO3Si. The van der Waals surface area contributed by atoms with Crippen molar-refractivity contribution >= 4 is 25.8 Å². The molecule has 148 valence electrons. The molecular weight excluding hydrogens is 386 g/mol. The molecule has 6 heteroatoms. The van der Waals surface area contributed by atoms with Crippen LogP contribution in [0.1, 0.15) is 77.6 Å². The van der Waals surface area contributed by atoms with Crippen molar-refractivity contribution in [1.82, 2.24) is 5.32 Å². The van der Waals surface area contributed by atoms with Crippen molar-refractivity contribution in [2.45, 2.75) is 83.6 Å². The molecule has 0 aliphatic carbocycles. The van der Waals surface area contributed by atoms with E-state index in [0.29, 0.717) is 0 Å². The summed E-state index contributed by atoms with van der Waals surface area (Å²) in [6, 6.07) is 0.877. The van der Waals surface area contributed by atoms with Gasteiger partial charge >= 0.3 is 8.80 Å². The van der Waals surface area contributed by atoms with Crippen molar-refractivity contribution in [2.75, 3.05) is 34.4 Å². The van der Waals surface area contributed by atoms with Crippen LogP contribution in [0.25, 0.3) is 0 Å². The Hall–Kier alpha value is 0.537. The third-order valence-corrected chi connectivity index (χ3v) is 7.31. The minimum atomic E-state index is -2.36. The normalized spacial score (nSPS) is 11.5. The molecule has 0 aromatic heterocycles. The zero-order valence-corrected chi connectivity index (χ0v) is 19.2. The van der Waals surface area contributed by atoms with E-state index in [9.17, 15) is 0 Å². The average Bonchev–Trinajstić information content (AvgIpc) is 2.59. The van der Waals surface area contributed by atoms with Crippen LogP contribution in [0, 0.1) is 0 Å². The lowest BCUT2D eigenvalue weighted by Gasteiger charge is -2.24. The zero-order chi connectivity index (χ0) is 17.2. The van der Waals surface area contributed by atoms with Gasteiger partial charge in [0.25, 0.3) is 0 Å². The molecule has 0 spiro atoms. The maximum Gasteiger partial charge on any atom is 0.500 e. The summed E-state index contributed by atoms with van der Waals surface area (Å²) in [4.78, 5) is 0. The molecule has 0 saturated heterocycles. The van der Waals surface area contributed by atoms with E-state index in [1.807, 2.05) is 0 Å². The first kappa shape index (κ1) is 26.8. The van der Waals surface area contributed by atoms with E-state index in [-0.39, 0.29) is 17.0 Å². The summed E-state index contributed by atoms with van der Waals surface area (Å²) in [5.74, 6) is 0. The van der Waals surface area contributed by atoms with Crippen LogP contribution in [0.15, 0.2) is 0 Å². The fourth-order valence-corrected chi connectivity index (χ4v) is 4.57. The van der Waals surface area contributed by atoms with Crippen LogP contribution in [0.2, 0.25) is 6.04 Å². The van der Waals surface area contributed by atoms with E-state index in [4.69, 9.17) is 13.3 Å². The van der Waals surface area contributed by atoms with Gasteiger partial charge in [0.05, 0.1) is 0 Å². The summed E-state index contributed by atoms with van der Waals surface area (Å²) in [7, 11) is 2.67. The van der Waals surface area contributed by atoms with Crippen molar-refractivity contribution in [3.63, 3.8) is 0 Å². The Morgan fingerprint density at radius 3 is 1.50 bits per heavy atom. The molecule has 0 rings (SSSR count). The molecule has 1 N–H and O–H groups in total. The van der Waals surface area contributed by atoms with Gasteiger partial charge in [0, 0.05) is 27.4 Å². The molecule has 0 saturated carbocycles. The van der Waals surface area contributed by atoms with Crippen molar-refractivity contribution in [1.29, 1.82) is 0 Å². The molecule has 0 aromatic rings. The zero-order valence-electron chi connectivity index (χ0n) is 16.5. The SMILES string of the molecule is Br.CCCCCCCCCCCCNCCC[Si](OC)(OC)OC. The van der Waals surface area contributed by atoms with Crippen LogP contribution in [0.3, 0.4) is 0 Å². The summed E-state index contributed by atoms with van der Waals surface area (Å²) in [5.41, 5.74) is 0. The van der Waals surface area contributed by atoms with E-state index in [0.717, 1.165) is 25.6 Å². The summed E-state index contributed by atoms with van der Waals surface area (Å²) >= 11 is 0. The van der Waals surface area contributed by atoms with Crippen LogP contribution in [0.4, 0.5) is 0 Å². The first-order valence-corrected chi connectivity index (χ1v) is 11.5. The van der Waals surface area contributed by atoms with E-state index in [1.165, 1.54) is 64.2 Å². The van der Waals surface area contributed by atoms with Gasteiger partial charge in [0.1, 0.15) is 0 Å². The predicted molar refractivity (Wildman–Crippen MR) is 111 cm³/mol. The molecule has 0 aromatic carbocycles. The molecule has 0 atom stereocenters. The molecule has 0 radical (unpaired) electrons. The Bertz CT molecular complexity index is 236. The van der Waals surface area contributed by atoms with Gasteiger partial charge in [0.15, 0.2) is 0 Å². The standard InChI is InChI=1S/C18H41NO3Si.BrH/c1-5-6-7-8-9-10-11-12-13-14-16-19-17-15-18-23(20-2,21-3)22-4;/h19H,5-18H2,1-4H3;1H. The first-order valence-electron chi connectivity index (χ1n) is 9.60. The molecule has 0 amide bonds. The highest BCUT2D eigenvalue weighted by molar-refractivity contribution is 8.93. The van der Waals surface area contributed by atoms with Crippen molar-refractivity contribution in [2.24, 2.45) is 0 Å². The lowest BCUT2D eigenvalue weighted by atomic mass is 10.1. The Morgan fingerprint density at radius 2 is 1.04 bits per heavy atom. The van der Waals surface area contributed by atoms with Crippen LogP contribution < -0.4 is 5.32 Å². The van der Waals surface area contributed by atoms with Gasteiger partial charge in [0.2, 0.25) is 0 Å². The third kappa shape index (κ3) is 14.8. The second-order valence-electron chi connectivity index (χ2n) is 6.33. The van der Waals surface area contributed by atoms with Crippen LogP contribution in [-0.2, 0) is 13.3 Å². The quantitative estimate of drug-likeness (QED) is 0.236. The Balaban J connectivity index is 0. The lowest BCUT2D eigenvalue weighted by Crippen LogP contribution is -2.43. The molecule has 0 unspecified atom stereocenters. The first-order chi connectivity index (χ1) is 11.2. The molecule has 0 aliphatic heterocycles. The number of halogens is 1. The molecule has 24 heavy (non-hydrogen) atoms. The molecule has 0 aliphatic rings. The highest BCUT2D eigenvalue weighted by atomic mass is 79.9. The Labute approximate surface area is 162 Å². The predicted octanol–water partition coefficient (Wildman–Crippen LogP) is 5.34. The topological polar surface area (TPSA) is 39.7 Å². The van der Waals surface area contributed by atoms with Gasteiger partial charge in [-0.1, -0.05) is 64.7 Å². The fraction of sp³-hybridized carbons (Fsp3) is 1.00. The maximum absolute atomic E-state index is 5.42. The van der Waals surface area contributed by atoms with Crippen molar-refractivity contribution < 1.29 is 13.3 Å². The number of hydrogen-bond acceptors (Lipinski definition) is 4. The van der Waals surface area contributed by atoms with Crippen LogP contribution >= 0.6 is 17.0 Å². The van der Waals surface area contributed by atoms with E-state index in [1.54, 1.807) is 21.3 Å². The number of hydrogen-bond donors (Lipinski definition) is 1. The maximum atomic E-state index is 5.42. The average molecular weight is 429 g/mol. The summed E-state index contributed by atoms with van der Waals surface area (Å²) in [6.45, 7) is 4.42. The van der Waals surface area contributed by atoms with Crippen LogP contribution in [0.5, 0.6) is 0 Å². The van der Waals surface area contributed by atoms with Crippen molar-refractivity contribution in [3.8, 4) is 0 Å². The Kier molecular flexibility index (Phi) is 22.1. The van der Waals surface area contributed by atoms with Gasteiger partial charge in [-0.3, -0.25) is 0 Å². The fourth-order valence-electron chi connectivity index (χ4n) is 2.85. The third-order valence-electron chi connectivity index (χ3n) is 4.48. The van der Waals surface area contributed by atoms with Gasteiger partial charge < -0.3 is 18.6 Å². The molecule has 4 nitrogen and oxygen atoms in total. The van der Waals surface area contributed by atoms with Crippen molar-refractivity contribution in [3.05, 3.63) is 0 Å². The highest BCUT2D eigenvalue weighted by Crippen LogP contribution is 2.14. The second kappa shape index (κ2) is 19.9. The van der Waals surface area contributed by atoms with E-state index in [2.05, 4.69) is 12.2 Å². The number of unbranched alkanes of at least 4 members (excludes halogenated alkanes) is 9. The monoisotopic (exact) mass is 427 g/mol. The van der Waals surface area contributed by atoms with E-state index < -0.39 is 8.80 Å². The minimum Gasteiger partial charge on any atom is -0.377 e. The molecule has 0 bridgehead atoms. The number of rotatable bonds is 18. The molecule has 0 heterocycles. The van der Waals surface area contributed by atoms with Crippen LogP contribution in [-0.4, -0.2) is 43.2 Å². The Morgan fingerprint density at radius 1 is 0.625 bits per heavy atom. The van der Waals surface area contributed by atoms with Gasteiger partial charge in [-0.25, -0.2) is 0 Å². The van der Waals surface area contributed by atoms with Gasteiger partial charge in [-0.2, -0.15) is 0 Å².